The molecule has 3 heterocycles. The van der Waals surface area contributed by atoms with Gasteiger partial charge in [0.15, 0.2) is 15.6 Å². The average molecular weight is 1020 g/mol. The highest BCUT2D eigenvalue weighted by atomic mass is 35.5. The van der Waals surface area contributed by atoms with Crippen LogP contribution in [-0.4, -0.2) is 89.3 Å². The van der Waals surface area contributed by atoms with Crippen molar-refractivity contribution >= 4 is 68.1 Å². The van der Waals surface area contributed by atoms with Gasteiger partial charge in [-0.2, -0.15) is 10.2 Å². The summed E-state index contributed by atoms with van der Waals surface area (Å²) in [4.78, 5) is 82.8. The number of hydrogen-bond donors (Lipinski definition) is 2. The highest BCUT2D eigenvalue weighted by Gasteiger charge is 2.53. The van der Waals surface area contributed by atoms with E-state index in [2.05, 4.69) is 20.9 Å². The van der Waals surface area contributed by atoms with Crippen LogP contribution in [0.15, 0.2) is 89.1 Å². The van der Waals surface area contributed by atoms with Crippen molar-refractivity contribution < 1.29 is 41.9 Å². The molecule has 0 radical (unpaired) electrons. The Morgan fingerprint density at radius 3 is 2.29 bits per heavy atom. The summed E-state index contributed by atoms with van der Waals surface area (Å²) in [6, 6.07) is 22.2. The SMILES string of the molecule is CC[C@@H](CS(=O)(=O)C(C)(C)C)N1C(=O)[C@@](C)(CC(=O)NCCCC(=O)COc2c(C)cc(N=Nc3cccc4c3CN(C3CCC(=O)NC3=O)C4=O)cc2C)C[C@H](c2cccc(Cl)c2)[C@H]1c1ccc(C)cc1. The Labute approximate surface area is 427 Å². The molecule has 2 fully saturated rings. The van der Waals surface area contributed by atoms with Gasteiger partial charge in [-0.3, -0.25) is 34.1 Å². The number of fused-ring (bicyclic) bond motifs is 1. The van der Waals surface area contributed by atoms with Gasteiger partial charge in [-0.05, 0) is 126 Å². The molecule has 72 heavy (non-hydrogen) atoms. The summed E-state index contributed by atoms with van der Waals surface area (Å²) in [5.41, 5.74) is 5.13. The fourth-order valence-corrected chi connectivity index (χ4v) is 11.7. The molecule has 1 unspecified atom stereocenters. The Hall–Kier alpha value is -6.26. The number of carbonyl (C=O) groups excluding carboxylic acids is 6. The van der Waals surface area contributed by atoms with E-state index in [-0.39, 0.29) is 86.5 Å². The number of likely N-dealkylation sites (tertiary alicyclic amines) is 1. The molecule has 7 rings (SSSR count). The smallest absolute Gasteiger partial charge is 0.255 e. The number of halogens is 1. The third-order valence-electron chi connectivity index (χ3n) is 14.2. The number of azo groups is 1. The Bertz CT molecular complexity index is 2890. The van der Waals surface area contributed by atoms with Crippen LogP contribution in [0.2, 0.25) is 5.02 Å². The number of piperidine rings is 2. The molecule has 2 saturated heterocycles. The number of sulfone groups is 1. The highest BCUT2D eigenvalue weighted by molar-refractivity contribution is 7.92. The van der Waals surface area contributed by atoms with Gasteiger partial charge in [0, 0.05) is 60.5 Å². The number of aryl methyl sites for hydroxylation is 3. The first-order valence-electron chi connectivity index (χ1n) is 24.6. The fourth-order valence-electron chi connectivity index (χ4n) is 10.1. The van der Waals surface area contributed by atoms with Crippen LogP contribution in [0.1, 0.15) is 135 Å². The standard InChI is InChI=1S/C55H65ClN6O9S/c1-9-40(32-72(69,70)54(5,6)7)62-49(36-20-18-33(2)19-21-36)43(37-13-10-14-38(56)27-37)28-55(8,53(62)68)29-48(65)57-24-12-15-41(63)31-71-50-34(3)25-39(26-35(50)4)59-60-45-17-11-16-42-44(45)30-61(52(42)67)46-22-23-47(64)58-51(46)66/h10-11,13-14,16-21,25-27,40,43,46,49H,9,12,15,22-24,28-32H2,1-8H3,(H,57,65)(H,58,64,66)/t40-,43+,46?,49+,55+/m0/s1. The summed E-state index contributed by atoms with van der Waals surface area (Å²) in [5.74, 6) is -1.99. The highest BCUT2D eigenvalue weighted by Crippen LogP contribution is 2.52. The van der Waals surface area contributed by atoms with E-state index in [0.717, 1.165) is 27.8 Å². The van der Waals surface area contributed by atoms with Gasteiger partial charge in [0.1, 0.15) is 18.4 Å². The van der Waals surface area contributed by atoms with Crippen molar-refractivity contribution in [3.63, 3.8) is 0 Å². The van der Waals surface area contributed by atoms with E-state index in [9.17, 15) is 32.4 Å². The third-order valence-corrected chi connectivity index (χ3v) is 17.1. The van der Waals surface area contributed by atoms with Crippen molar-refractivity contribution in [3.8, 4) is 5.75 Å². The first-order chi connectivity index (χ1) is 34.0. The van der Waals surface area contributed by atoms with Crippen molar-refractivity contribution in [2.24, 2.45) is 15.6 Å². The topological polar surface area (TPSA) is 201 Å². The second-order valence-corrected chi connectivity index (χ2v) is 23.9. The van der Waals surface area contributed by atoms with Crippen LogP contribution in [0.5, 0.6) is 5.75 Å². The van der Waals surface area contributed by atoms with Crippen molar-refractivity contribution in [1.82, 2.24) is 20.4 Å². The molecule has 4 aromatic rings. The summed E-state index contributed by atoms with van der Waals surface area (Å²) >= 11 is 6.58. The van der Waals surface area contributed by atoms with Gasteiger partial charge in [-0.15, -0.1) is 0 Å². The summed E-state index contributed by atoms with van der Waals surface area (Å²) in [7, 11) is -3.67. The molecule has 0 aliphatic carbocycles. The van der Waals surface area contributed by atoms with E-state index in [1.54, 1.807) is 69.0 Å². The lowest BCUT2D eigenvalue weighted by molar-refractivity contribution is -0.156. The molecule has 3 aliphatic rings. The number of nitrogens with one attached hydrogen (secondary N) is 2. The maximum absolute atomic E-state index is 15.1. The lowest BCUT2D eigenvalue weighted by Gasteiger charge is -2.52. The van der Waals surface area contributed by atoms with Crippen LogP contribution in [-0.2, 0) is 40.4 Å². The van der Waals surface area contributed by atoms with Crippen LogP contribution >= 0.6 is 11.6 Å². The zero-order valence-corrected chi connectivity index (χ0v) is 43.9. The molecule has 3 aliphatic heterocycles. The number of Topliss-reactive ketones (excluding diaryl/α,β-unsaturated/α-hetero) is 1. The van der Waals surface area contributed by atoms with E-state index in [1.807, 2.05) is 70.2 Å². The lowest BCUT2D eigenvalue weighted by Crippen LogP contribution is -2.58. The van der Waals surface area contributed by atoms with Crippen LogP contribution in [0.25, 0.3) is 0 Å². The van der Waals surface area contributed by atoms with Crippen molar-refractivity contribution in [2.45, 2.75) is 136 Å². The fraction of sp³-hybridized carbons (Fsp3) is 0.455. The minimum absolute atomic E-state index is 0.134. The number of imide groups is 1. The normalized spacial score (nSPS) is 20.9. The molecule has 5 amide bonds. The molecule has 0 spiro atoms. The molecule has 0 saturated carbocycles. The number of nitrogens with zero attached hydrogens (tertiary/aromatic N) is 4. The number of amides is 5. The van der Waals surface area contributed by atoms with Gasteiger partial charge < -0.3 is 19.9 Å². The minimum atomic E-state index is -3.67. The van der Waals surface area contributed by atoms with E-state index < -0.39 is 44.0 Å². The first kappa shape index (κ1) is 53.5. The number of ketones is 1. The maximum atomic E-state index is 15.1. The molecular formula is C55H65ClN6O9S. The predicted molar refractivity (Wildman–Crippen MR) is 275 cm³/mol. The Morgan fingerprint density at radius 2 is 1.64 bits per heavy atom. The van der Waals surface area contributed by atoms with Gasteiger partial charge in [0.25, 0.3) is 5.91 Å². The molecule has 17 heteroatoms. The van der Waals surface area contributed by atoms with Crippen molar-refractivity contribution in [3.05, 3.63) is 123 Å². The maximum Gasteiger partial charge on any atom is 0.255 e. The van der Waals surface area contributed by atoms with Gasteiger partial charge in [-0.1, -0.05) is 73.5 Å². The van der Waals surface area contributed by atoms with E-state index in [0.29, 0.717) is 52.5 Å². The first-order valence-corrected chi connectivity index (χ1v) is 26.6. The number of benzene rings is 4. The van der Waals surface area contributed by atoms with Gasteiger partial charge in [0.05, 0.1) is 33.3 Å². The second-order valence-electron chi connectivity index (χ2n) is 20.7. The lowest BCUT2D eigenvalue weighted by atomic mass is 9.67. The Morgan fingerprint density at radius 1 is 0.944 bits per heavy atom. The second kappa shape index (κ2) is 21.8. The molecule has 382 valence electrons. The summed E-state index contributed by atoms with van der Waals surface area (Å²) < 4.78 is 32.6. The van der Waals surface area contributed by atoms with Gasteiger partial charge in [-0.25, -0.2) is 8.42 Å². The van der Waals surface area contributed by atoms with E-state index in [1.165, 1.54) is 4.90 Å². The van der Waals surface area contributed by atoms with Crippen molar-refractivity contribution in [2.75, 3.05) is 18.9 Å². The molecular weight excluding hydrogens is 956 g/mol. The summed E-state index contributed by atoms with van der Waals surface area (Å²) in [6.07, 6.45) is 1.41. The molecule has 15 nitrogen and oxygen atoms in total. The average Bonchev–Trinajstić information content (AvgIpc) is 3.65. The van der Waals surface area contributed by atoms with Crippen LogP contribution in [0.3, 0.4) is 0 Å². The van der Waals surface area contributed by atoms with E-state index >= 15 is 4.79 Å². The van der Waals surface area contributed by atoms with Crippen LogP contribution in [0.4, 0.5) is 11.4 Å². The zero-order valence-electron chi connectivity index (χ0n) is 42.3. The minimum Gasteiger partial charge on any atom is -0.485 e. The number of ether oxygens (including phenoxy) is 1. The van der Waals surface area contributed by atoms with Crippen LogP contribution in [0, 0.1) is 26.2 Å². The monoisotopic (exact) mass is 1020 g/mol. The number of carbonyl (C=O) groups is 6. The molecule has 4 aromatic carbocycles. The van der Waals surface area contributed by atoms with Gasteiger partial charge in [0.2, 0.25) is 23.6 Å². The number of rotatable bonds is 18. The zero-order chi connectivity index (χ0) is 52.3. The molecule has 5 atom stereocenters. The quantitative estimate of drug-likeness (QED) is 0.0553. The number of hydrogen-bond acceptors (Lipinski definition) is 11. The third kappa shape index (κ3) is 11.8. The largest absolute Gasteiger partial charge is 0.485 e. The van der Waals surface area contributed by atoms with Gasteiger partial charge >= 0.3 is 0 Å². The summed E-state index contributed by atoms with van der Waals surface area (Å²) in [6.45, 7) is 14.5. The van der Waals surface area contributed by atoms with Crippen molar-refractivity contribution in [1.29, 1.82) is 0 Å². The molecule has 2 N–H and O–H groups in total. The molecule has 0 aromatic heterocycles. The Balaban J connectivity index is 0.973. The predicted octanol–water partition coefficient (Wildman–Crippen LogP) is 9.43. The summed E-state index contributed by atoms with van der Waals surface area (Å²) in [5, 5.41) is 14.7. The van der Waals surface area contributed by atoms with E-state index in [4.69, 9.17) is 16.3 Å². The van der Waals surface area contributed by atoms with Crippen LogP contribution < -0.4 is 15.4 Å². The Kier molecular flexibility index (Phi) is 16.2. The molecule has 0 bridgehead atoms.